The largest absolute Gasteiger partial charge is 0.323 e. The van der Waals surface area contributed by atoms with Crippen LogP contribution in [0.4, 0.5) is 11.4 Å². The summed E-state index contributed by atoms with van der Waals surface area (Å²) in [6.07, 6.45) is 1.41. The lowest BCUT2D eigenvalue weighted by Crippen LogP contribution is -2.31. The van der Waals surface area contributed by atoms with Gasteiger partial charge in [0.2, 0.25) is 11.8 Å². The SMILES string of the molecule is CN(CC(=O)Nc1ccccc1N1CCCC1=O)Cc1ccccc1Cl. The molecule has 3 rings (SSSR count). The summed E-state index contributed by atoms with van der Waals surface area (Å²) in [4.78, 5) is 28.1. The monoisotopic (exact) mass is 371 g/mol. The third-order valence-electron chi connectivity index (χ3n) is 4.35. The second-order valence-electron chi connectivity index (χ2n) is 6.48. The zero-order valence-corrected chi connectivity index (χ0v) is 15.5. The fourth-order valence-electron chi connectivity index (χ4n) is 3.13. The topological polar surface area (TPSA) is 52.7 Å². The van der Waals surface area contributed by atoms with Gasteiger partial charge in [-0.3, -0.25) is 14.5 Å². The summed E-state index contributed by atoms with van der Waals surface area (Å²) in [6.45, 7) is 1.50. The van der Waals surface area contributed by atoms with Crippen molar-refractivity contribution in [2.75, 3.05) is 30.4 Å². The summed E-state index contributed by atoms with van der Waals surface area (Å²) in [6, 6.07) is 15.0. The molecule has 5 nitrogen and oxygen atoms in total. The van der Waals surface area contributed by atoms with Crippen LogP contribution in [-0.2, 0) is 16.1 Å². The van der Waals surface area contributed by atoms with Crippen LogP contribution in [0.1, 0.15) is 18.4 Å². The number of benzene rings is 2. The maximum atomic E-state index is 12.5. The average Bonchev–Trinajstić information content (AvgIpc) is 3.03. The molecular formula is C20H22ClN3O2. The van der Waals surface area contributed by atoms with Crippen molar-refractivity contribution in [1.29, 1.82) is 0 Å². The Balaban J connectivity index is 1.63. The summed E-state index contributed by atoms with van der Waals surface area (Å²) in [7, 11) is 1.87. The molecule has 0 unspecified atom stereocenters. The lowest BCUT2D eigenvalue weighted by atomic mass is 10.2. The van der Waals surface area contributed by atoms with Gasteiger partial charge in [0.25, 0.3) is 0 Å². The molecule has 6 heteroatoms. The first-order valence-electron chi connectivity index (χ1n) is 8.66. The number of rotatable bonds is 6. The molecule has 0 atom stereocenters. The number of nitrogens with zero attached hydrogens (tertiary/aromatic N) is 2. The standard InChI is InChI=1S/C20H22ClN3O2/c1-23(13-15-7-2-3-8-16(15)21)14-19(25)22-17-9-4-5-10-18(17)24-12-6-11-20(24)26/h2-5,7-10H,6,11-14H2,1H3,(H,22,25). The van der Waals surface area contributed by atoms with Crippen LogP contribution in [-0.4, -0.2) is 36.9 Å². The maximum Gasteiger partial charge on any atom is 0.238 e. The number of carbonyl (C=O) groups is 2. The summed E-state index contributed by atoms with van der Waals surface area (Å²) in [5, 5.41) is 3.62. The Morgan fingerprint density at radius 1 is 1.19 bits per heavy atom. The normalized spacial score (nSPS) is 14.1. The first-order chi connectivity index (χ1) is 12.5. The van der Waals surface area contributed by atoms with Crippen LogP contribution in [0.25, 0.3) is 0 Å². The molecule has 0 spiro atoms. The molecule has 0 aliphatic carbocycles. The van der Waals surface area contributed by atoms with E-state index in [1.807, 2.05) is 60.5 Å². The third kappa shape index (κ3) is 4.42. The van der Waals surface area contributed by atoms with Crippen LogP contribution < -0.4 is 10.2 Å². The van der Waals surface area contributed by atoms with Crippen molar-refractivity contribution in [2.24, 2.45) is 0 Å². The number of likely N-dealkylation sites (N-methyl/N-ethyl adjacent to an activating group) is 1. The summed E-state index contributed by atoms with van der Waals surface area (Å²) >= 11 is 6.18. The van der Waals surface area contributed by atoms with Gasteiger partial charge in [-0.15, -0.1) is 0 Å². The van der Waals surface area contributed by atoms with Crippen LogP contribution in [0.3, 0.4) is 0 Å². The van der Waals surface area contributed by atoms with Gasteiger partial charge in [-0.2, -0.15) is 0 Å². The minimum atomic E-state index is -0.126. The predicted molar refractivity (Wildman–Crippen MR) is 104 cm³/mol. The molecule has 1 saturated heterocycles. The summed E-state index contributed by atoms with van der Waals surface area (Å²) in [5.41, 5.74) is 2.41. The summed E-state index contributed by atoms with van der Waals surface area (Å²) in [5.74, 6) is -0.0267. The Morgan fingerprint density at radius 2 is 1.92 bits per heavy atom. The van der Waals surface area contributed by atoms with Crippen molar-refractivity contribution in [3.05, 3.63) is 59.1 Å². The number of anilines is 2. The van der Waals surface area contributed by atoms with Crippen LogP contribution in [0.2, 0.25) is 5.02 Å². The van der Waals surface area contributed by atoms with Gasteiger partial charge in [0.15, 0.2) is 0 Å². The number of hydrogen-bond acceptors (Lipinski definition) is 3. The number of hydrogen-bond donors (Lipinski definition) is 1. The van der Waals surface area contributed by atoms with Crippen molar-refractivity contribution in [2.45, 2.75) is 19.4 Å². The molecule has 2 aromatic carbocycles. The Bertz CT molecular complexity index is 809. The lowest BCUT2D eigenvalue weighted by molar-refractivity contribution is -0.118. The van der Waals surface area contributed by atoms with Gasteiger partial charge in [-0.1, -0.05) is 41.9 Å². The number of amides is 2. The molecule has 2 amide bonds. The van der Waals surface area contributed by atoms with E-state index >= 15 is 0 Å². The van der Waals surface area contributed by atoms with E-state index in [0.29, 0.717) is 30.2 Å². The van der Waals surface area contributed by atoms with Gasteiger partial charge in [-0.25, -0.2) is 0 Å². The van der Waals surface area contributed by atoms with Crippen molar-refractivity contribution in [3.8, 4) is 0 Å². The second-order valence-corrected chi connectivity index (χ2v) is 6.89. The van der Waals surface area contributed by atoms with E-state index in [4.69, 9.17) is 11.6 Å². The third-order valence-corrected chi connectivity index (χ3v) is 4.72. The molecule has 0 radical (unpaired) electrons. The van der Waals surface area contributed by atoms with Crippen molar-refractivity contribution < 1.29 is 9.59 Å². The molecule has 1 aliphatic rings. The Kier molecular flexibility index (Phi) is 5.91. The first kappa shape index (κ1) is 18.4. The first-order valence-corrected chi connectivity index (χ1v) is 9.03. The highest BCUT2D eigenvalue weighted by Crippen LogP contribution is 2.29. The Morgan fingerprint density at radius 3 is 2.65 bits per heavy atom. The molecule has 0 bridgehead atoms. The smallest absolute Gasteiger partial charge is 0.238 e. The van der Waals surface area contributed by atoms with E-state index in [-0.39, 0.29) is 18.4 Å². The van der Waals surface area contributed by atoms with Gasteiger partial charge in [0.05, 0.1) is 17.9 Å². The van der Waals surface area contributed by atoms with Crippen molar-refractivity contribution in [3.63, 3.8) is 0 Å². The van der Waals surface area contributed by atoms with Crippen LogP contribution in [0.5, 0.6) is 0 Å². The molecule has 2 aromatic rings. The van der Waals surface area contributed by atoms with E-state index in [1.165, 1.54) is 0 Å². The number of para-hydroxylation sites is 2. The Hall–Kier alpha value is -2.37. The van der Waals surface area contributed by atoms with Gasteiger partial charge in [-0.05, 0) is 37.2 Å². The van der Waals surface area contributed by atoms with Crippen LogP contribution >= 0.6 is 11.6 Å². The molecule has 1 heterocycles. The highest BCUT2D eigenvalue weighted by atomic mass is 35.5. The predicted octanol–water partition coefficient (Wildman–Crippen LogP) is 3.54. The number of nitrogens with one attached hydrogen (secondary N) is 1. The van der Waals surface area contributed by atoms with E-state index in [0.717, 1.165) is 17.7 Å². The van der Waals surface area contributed by atoms with Gasteiger partial charge in [0, 0.05) is 24.5 Å². The highest BCUT2D eigenvalue weighted by molar-refractivity contribution is 6.31. The molecule has 0 saturated carbocycles. The minimum absolute atomic E-state index is 0.0996. The number of carbonyl (C=O) groups excluding carboxylic acids is 2. The second kappa shape index (κ2) is 8.34. The van der Waals surface area contributed by atoms with Gasteiger partial charge in [0.1, 0.15) is 0 Å². The molecule has 0 aromatic heterocycles. The zero-order chi connectivity index (χ0) is 18.5. The quantitative estimate of drug-likeness (QED) is 0.845. The summed E-state index contributed by atoms with van der Waals surface area (Å²) < 4.78 is 0. The van der Waals surface area contributed by atoms with Crippen molar-refractivity contribution in [1.82, 2.24) is 4.90 Å². The lowest BCUT2D eigenvalue weighted by Gasteiger charge is -2.21. The van der Waals surface area contributed by atoms with Gasteiger partial charge >= 0.3 is 0 Å². The fourth-order valence-corrected chi connectivity index (χ4v) is 3.32. The van der Waals surface area contributed by atoms with E-state index < -0.39 is 0 Å². The molecule has 1 N–H and O–H groups in total. The zero-order valence-electron chi connectivity index (χ0n) is 14.7. The average molecular weight is 372 g/mol. The molecule has 136 valence electrons. The van der Waals surface area contributed by atoms with E-state index in [2.05, 4.69) is 5.32 Å². The van der Waals surface area contributed by atoms with E-state index in [1.54, 1.807) is 4.90 Å². The number of halogens is 1. The van der Waals surface area contributed by atoms with Gasteiger partial charge < -0.3 is 10.2 Å². The van der Waals surface area contributed by atoms with Crippen LogP contribution in [0.15, 0.2) is 48.5 Å². The minimum Gasteiger partial charge on any atom is -0.323 e. The molecule has 1 fully saturated rings. The molecule has 26 heavy (non-hydrogen) atoms. The fraction of sp³-hybridized carbons (Fsp3) is 0.300. The highest BCUT2D eigenvalue weighted by Gasteiger charge is 2.24. The van der Waals surface area contributed by atoms with E-state index in [9.17, 15) is 9.59 Å². The maximum absolute atomic E-state index is 12.5. The van der Waals surface area contributed by atoms with Crippen LogP contribution in [0, 0.1) is 0 Å². The van der Waals surface area contributed by atoms with Crippen molar-refractivity contribution >= 4 is 34.8 Å². The molecular weight excluding hydrogens is 350 g/mol. The Labute approximate surface area is 158 Å². The molecule has 1 aliphatic heterocycles.